The van der Waals surface area contributed by atoms with E-state index in [9.17, 15) is 13.6 Å². The number of halogens is 2. The van der Waals surface area contributed by atoms with E-state index in [2.05, 4.69) is 0 Å². The monoisotopic (exact) mass is 281 g/mol. The molecule has 2 fully saturated rings. The summed E-state index contributed by atoms with van der Waals surface area (Å²) in [4.78, 5) is 14.0. The predicted octanol–water partition coefficient (Wildman–Crippen LogP) is 2.60. The molecule has 0 aromatic heterocycles. The number of nitrogens with zero attached hydrogens (tertiary/aromatic N) is 1. The maximum Gasteiger partial charge on any atom is 0.253 e. The number of amides is 1. The number of hydrogen-bond acceptors (Lipinski definition) is 2. The van der Waals surface area contributed by atoms with Gasteiger partial charge in [-0.3, -0.25) is 4.79 Å². The van der Waals surface area contributed by atoms with Gasteiger partial charge >= 0.3 is 0 Å². The average Bonchev–Trinajstić information content (AvgIpc) is 2.80. The summed E-state index contributed by atoms with van der Waals surface area (Å²) in [6.07, 6.45) is 2.23. The highest BCUT2D eigenvalue weighted by molar-refractivity contribution is 5.94. The Labute approximate surface area is 116 Å². The first-order valence-electron chi connectivity index (χ1n) is 6.94. The fourth-order valence-corrected chi connectivity index (χ4v) is 3.19. The number of rotatable bonds is 1. The van der Waals surface area contributed by atoms with Gasteiger partial charge in [0.1, 0.15) is 0 Å². The van der Waals surface area contributed by atoms with Gasteiger partial charge in [0.05, 0.1) is 12.2 Å². The second kappa shape index (κ2) is 5.13. The van der Waals surface area contributed by atoms with E-state index >= 15 is 0 Å². The summed E-state index contributed by atoms with van der Waals surface area (Å²) in [5, 5.41) is 0. The van der Waals surface area contributed by atoms with Crippen molar-refractivity contribution in [2.24, 2.45) is 5.92 Å². The minimum absolute atomic E-state index is 0.203. The number of fused-ring (bicyclic) bond motifs is 1. The molecule has 1 aromatic rings. The van der Waals surface area contributed by atoms with Gasteiger partial charge in [0.25, 0.3) is 5.91 Å². The van der Waals surface area contributed by atoms with Crippen molar-refractivity contribution in [3.63, 3.8) is 0 Å². The van der Waals surface area contributed by atoms with Crippen LogP contribution in [-0.4, -0.2) is 36.1 Å². The summed E-state index contributed by atoms with van der Waals surface area (Å²) in [6, 6.07) is 3.30. The van der Waals surface area contributed by atoms with Crippen molar-refractivity contribution in [2.45, 2.75) is 32.0 Å². The van der Waals surface area contributed by atoms with Gasteiger partial charge < -0.3 is 9.64 Å². The van der Waals surface area contributed by atoms with Crippen LogP contribution in [0.1, 0.15) is 30.1 Å². The lowest BCUT2D eigenvalue weighted by molar-refractivity contribution is 0.00864. The lowest BCUT2D eigenvalue weighted by Gasteiger charge is -2.34. The third kappa shape index (κ3) is 2.42. The molecule has 2 heterocycles. The molecule has 0 bridgehead atoms. The topological polar surface area (TPSA) is 29.5 Å². The largest absolute Gasteiger partial charge is 0.375 e. The fourth-order valence-electron chi connectivity index (χ4n) is 3.19. The van der Waals surface area contributed by atoms with Crippen LogP contribution in [0.5, 0.6) is 0 Å². The van der Waals surface area contributed by atoms with Gasteiger partial charge in [-0.2, -0.15) is 0 Å². The van der Waals surface area contributed by atoms with E-state index < -0.39 is 11.6 Å². The summed E-state index contributed by atoms with van der Waals surface area (Å²) in [5.74, 6) is -1.79. The van der Waals surface area contributed by atoms with E-state index in [1.54, 1.807) is 4.90 Å². The highest BCUT2D eigenvalue weighted by Crippen LogP contribution is 2.33. The van der Waals surface area contributed by atoms with Gasteiger partial charge in [-0.15, -0.1) is 0 Å². The maximum absolute atomic E-state index is 13.2. The molecule has 3 atom stereocenters. The summed E-state index contributed by atoms with van der Waals surface area (Å²) in [7, 11) is 0. The molecule has 20 heavy (non-hydrogen) atoms. The molecule has 2 aliphatic rings. The van der Waals surface area contributed by atoms with E-state index in [0.29, 0.717) is 19.0 Å². The highest BCUT2D eigenvalue weighted by Gasteiger charge is 2.38. The molecule has 3 rings (SSSR count). The molecule has 108 valence electrons. The summed E-state index contributed by atoms with van der Waals surface area (Å²) in [5.41, 5.74) is 0.203. The summed E-state index contributed by atoms with van der Waals surface area (Å²) < 4.78 is 31.9. The molecule has 5 heteroatoms. The Kier molecular flexibility index (Phi) is 3.46. The average molecular weight is 281 g/mol. The van der Waals surface area contributed by atoms with Gasteiger partial charge in [0.15, 0.2) is 11.6 Å². The number of piperidine rings is 1. The van der Waals surface area contributed by atoms with Crippen LogP contribution in [-0.2, 0) is 4.74 Å². The Morgan fingerprint density at radius 1 is 1.35 bits per heavy atom. The van der Waals surface area contributed by atoms with Crippen LogP contribution < -0.4 is 0 Å². The SMILES string of the molecule is C[C@H]1C[C@H]2CN(C(=O)c3ccc(F)c(F)c3)CC[C@@H]2O1. The summed E-state index contributed by atoms with van der Waals surface area (Å²) >= 11 is 0. The quantitative estimate of drug-likeness (QED) is 0.792. The molecule has 2 saturated heterocycles. The second-order valence-corrected chi connectivity index (χ2v) is 5.65. The third-order valence-electron chi connectivity index (χ3n) is 4.16. The zero-order chi connectivity index (χ0) is 14.3. The molecule has 0 N–H and O–H groups in total. The molecular formula is C15H17F2NO2. The highest BCUT2D eigenvalue weighted by atomic mass is 19.2. The van der Waals surface area contributed by atoms with E-state index in [1.807, 2.05) is 6.92 Å². The molecule has 0 unspecified atom stereocenters. The number of benzene rings is 1. The number of likely N-dealkylation sites (tertiary alicyclic amines) is 1. The maximum atomic E-state index is 13.2. The first kappa shape index (κ1) is 13.5. The number of ether oxygens (including phenoxy) is 1. The number of hydrogen-bond donors (Lipinski definition) is 0. The molecule has 1 aromatic carbocycles. The van der Waals surface area contributed by atoms with Crippen LogP contribution >= 0.6 is 0 Å². The van der Waals surface area contributed by atoms with E-state index in [-0.39, 0.29) is 23.7 Å². The van der Waals surface area contributed by atoms with Gasteiger partial charge in [0, 0.05) is 24.6 Å². The normalized spacial score (nSPS) is 29.4. The summed E-state index contributed by atoms with van der Waals surface area (Å²) in [6.45, 7) is 3.28. The zero-order valence-electron chi connectivity index (χ0n) is 11.3. The molecule has 0 aliphatic carbocycles. The number of carbonyl (C=O) groups excluding carboxylic acids is 1. The molecular weight excluding hydrogens is 264 g/mol. The van der Waals surface area contributed by atoms with Crippen molar-refractivity contribution >= 4 is 5.91 Å². The third-order valence-corrected chi connectivity index (χ3v) is 4.16. The van der Waals surface area contributed by atoms with Gasteiger partial charge in [-0.25, -0.2) is 8.78 Å². The minimum atomic E-state index is -0.983. The molecule has 1 amide bonds. The van der Waals surface area contributed by atoms with Crippen molar-refractivity contribution in [3.05, 3.63) is 35.4 Å². The Morgan fingerprint density at radius 2 is 2.15 bits per heavy atom. The lowest BCUT2D eigenvalue weighted by Crippen LogP contribution is -2.44. The Balaban J connectivity index is 1.73. The molecule has 0 spiro atoms. The standard InChI is InChI=1S/C15H17F2NO2/c1-9-6-11-8-18(5-4-14(11)20-9)15(19)10-2-3-12(16)13(17)7-10/h2-3,7,9,11,14H,4-6,8H2,1H3/t9-,11-,14-/m0/s1. The van der Waals surface area contributed by atoms with Crippen LogP contribution in [0.25, 0.3) is 0 Å². The van der Waals surface area contributed by atoms with Crippen molar-refractivity contribution in [1.29, 1.82) is 0 Å². The Bertz CT molecular complexity index is 535. The molecule has 0 saturated carbocycles. The van der Waals surface area contributed by atoms with Gasteiger partial charge in [0.2, 0.25) is 0 Å². The molecule has 3 nitrogen and oxygen atoms in total. The second-order valence-electron chi connectivity index (χ2n) is 5.65. The van der Waals surface area contributed by atoms with E-state index in [4.69, 9.17) is 4.74 Å². The number of carbonyl (C=O) groups is 1. The van der Waals surface area contributed by atoms with Gasteiger partial charge in [-0.05, 0) is 38.0 Å². The predicted molar refractivity (Wildman–Crippen MR) is 69.3 cm³/mol. The van der Waals surface area contributed by atoms with E-state index in [0.717, 1.165) is 25.0 Å². The zero-order valence-corrected chi connectivity index (χ0v) is 11.3. The lowest BCUT2D eigenvalue weighted by atomic mass is 9.92. The van der Waals surface area contributed by atoms with Crippen LogP contribution in [0.15, 0.2) is 18.2 Å². The molecule has 0 radical (unpaired) electrons. The van der Waals surface area contributed by atoms with E-state index in [1.165, 1.54) is 6.07 Å². The van der Waals surface area contributed by atoms with Crippen molar-refractivity contribution in [2.75, 3.05) is 13.1 Å². The first-order valence-corrected chi connectivity index (χ1v) is 6.94. The minimum Gasteiger partial charge on any atom is -0.375 e. The van der Waals surface area contributed by atoms with Crippen molar-refractivity contribution < 1.29 is 18.3 Å². The Hall–Kier alpha value is -1.49. The van der Waals surface area contributed by atoms with Crippen molar-refractivity contribution in [3.8, 4) is 0 Å². The fraction of sp³-hybridized carbons (Fsp3) is 0.533. The molecule has 2 aliphatic heterocycles. The first-order chi connectivity index (χ1) is 9.54. The smallest absolute Gasteiger partial charge is 0.253 e. The van der Waals surface area contributed by atoms with Crippen LogP contribution in [0, 0.1) is 17.6 Å². The Morgan fingerprint density at radius 3 is 2.90 bits per heavy atom. The van der Waals surface area contributed by atoms with Crippen LogP contribution in [0.2, 0.25) is 0 Å². The van der Waals surface area contributed by atoms with Crippen LogP contribution in [0.3, 0.4) is 0 Å². The van der Waals surface area contributed by atoms with Gasteiger partial charge in [-0.1, -0.05) is 0 Å². The van der Waals surface area contributed by atoms with Crippen LogP contribution in [0.4, 0.5) is 8.78 Å². The van der Waals surface area contributed by atoms with Crippen molar-refractivity contribution in [1.82, 2.24) is 4.90 Å².